The quantitative estimate of drug-likeness (QED) is 0.905. The largest absolute Gasteiger partial charge is 0.392 e. The van der Waals surface area contributed by atoms with Crippen LogP contribution in [0, 0.1) is 6.92 Å². The Labute approximate surface area is 142 Å². The van der Waals surface area contributed by atoms with Gasteiger partial charge in [0.2, 0.25) is 0 Å². The molecule has 2 N–H and O–H groups in total. The van der Waals surface area contributed by atoms with Crippen molar-refractivity contribution in [3.63, 3.8) is 0 Å². The number of hydrogen-bond donors (Lipinski definition) is 2. The number of aryl methyl sites for hydroxylation is 1. The molecule has 0 aliphatic carbocycles. The maximum atomic E-state index is 11.7. The van der Waals surface area contributed by atoms with Gasteiger partial charge in [-0.05, 0) is 56.8 Å². The first-order chi connectivity index (χ1) is 11.6. The monoisotopic (exact) mass is 327 g/mol. The molecule has 1 aromatic heterocycles. The molecule has 5 heteroatoms. The average molecular weight is 327 g/mol. The minimum absolute atomic E-state index is 0.0869. The topological polar surface area (TPSA) is 69.2 Å². The molecule has 0 bridgehead atoms. The molecule has 1 aliphatic rings. The number of piperidine rings is 1. The summed E-state index contributed by atoms with van der Waals surface area (Å²) < 4.78 is 0. The number of likely N-dealkylation sites (tertiary alicyclic amines) is 1. The minimum atomic E-state index is -0.0869. The van der Waals surface area contributed by atoms with Crippen LogP contribution in [0.1, 0.15) is 54.4 Å². The van der Waals surface area contributed by atoms with Crippen LogP contribution in [0.15, 0.2) is 35.1 Å². The molecule has 24 heavy (non-hydrogen) atoms. The van der Waals surface area contributed by atoms with Gasteiger partial charge < -0.3 is 10.1 Å². The fourth-order valence-corrected chi connectivity index (χ4v) is 3.65. The summed E-state index contributed by atoms with van der Waals surface area (Å²) in [6, 6.07) is 9.79. The van der Waals surface area contributed by atoms with Crippen molar-refractivity contribution in [3.05, 3.63) is 63.3 Å². The van der Waals surface area contributed by atoms with E-state index in [-0.39, 0.29) is 18.2 Å². The second kappa shape index (κ2) is 7.28. The predicted molar refractivity (Wildman–Crippen MR) is 93.9 cm³/mol. The summed E-state index contributed by atoms with van der Waals surface area (Å²) in [5.41, 5.74) is 2.98. The van der Waals surface area contributed by atoms with E-state index in [9.17, 15) is 9.90 Å². The summed E-state index contributed by atoms with van der Waals surface area (Å²) in [5, 5.41) is 9.54. The second-order valence-electron chi connectivity index (χ2n) is 6.62. The van der Waals surface area contributed by atoms with E-state index in [1.54, 1.807) is 0 Å². The van der Waals surface area contributed by atoms with Gasteiger partial charge in [-0.3, -0.25) is 9.69 Å². The van der Waals surface area contributed by atoms with Gasteiger partial charge in [-0.15, -0.1) is 0 Å². The van der Waals surface area contributed by atoms with Crippen molar-refractivity contribution in [2.75, 3.05) is 13.1 Å². The van der Waals surface area contributed by atoms with Gasteiger partial charge in [0.05, 0.1) is 12.6 Å². The number of aliphatic hydroxyl groups is 1. The first-order valence-corrected chi connectivity index (χ1v) is 8.59. The molecule has 1 atom stereocenters. The number of H-pyrrole nitrogens is 1. The summed E-state index contributed by atoms with van der Waals surface area (Å²) in [6.07, 6.45) is 2.11. The number of benzene rings is 1. The van der Waals surface area contributed by atoms with Crippen molar-refractivity contribution in [1.82, 2.24) is 14.9 Å². The normalized spacial score (nSPS) is 17.8. The third-order valence-corrected chi connectivity index (χ3v) is 5.03. The number of aromatic nitrogens is 2. The van der Waals surface area contributed by atoms with E-state index >= 15 is 0 Å². The fraction of sp³-hybridized carbons (Fsp3) is 0.474. The Bertz CT molecular complexity index is 748. The Morgan fingerprint density at radius 3 is 2.71 bits per heavy atom. The van der Waals surface area contributed by atoms with E-state index in [1.165, 1.54) is 11.6 Å². The van der Waals surface area contributed by atoms with Crippen LogP contribution in [0.4, 0.5) is 0 Å². The van der Waals surface area contributed by atoms with Crippen molar-refractivity contribution in [2.24, 2.45) is 0 Å². The van der Waals surface area contributed by atoms with Gasteiger partial charge in [0.1, 0.15) is 5.82 Å². The van der Waals surface area contributed by atoms with Gasteiger partial charge >= 0.3 is 0 Å². The maximum Gasteiger partial charge on any atom is 0.251 e. The standard InChI is InChI=1S/C19H25N3O2/c1-13-11-18(24)21-19(20-13)14(2)22-9-7-15(8-10-22)17-6-4-3-5-16(17)12-23/h3-6,11,14-15,23H,7-10,12H2,1-2H3,(H,20,21,24). The zero-order chi connectivity index (χ0) is 17.1. The Balaban J connectivity index is 1.69. The Hall–Kier alpha value is -1.98. The van der Waals surface area contributed by atoms with Crippen LogP contribution in [-0.2, 0) is 6.61 Å². The van der Waals surface area contributed by atoms with E-state index in [4.69, 9.17) is 0 Å². The predicted octanol–water partition coefficient (Wildman–Crippen LogP) is 2.51. The molecule has 2 aromatic rings. The lowest BCUT2D eigenvalue weighted by Crippen LogP contribution is -2.36. The zero-order valence-corrected chi connectivity index (χ0v) is 14.3. The zero-order valence-electron chi connectivity index (χ0n) is 14.3. The molecule has 5 nitrogen and oxygen atoms in total. The van der Waals surface area contributed by atoms with E-state index in [0.717, 1.165) is 43.0 Å². The number of aromatic amines is 1. The lowest BCUT2D eigenvalue weighted by Gasteiger charge is -2.36. The van der Waals surface area contributed by atoms with Gasteiger partial charge in [0, 0.05) is 11.8 Å². The molecule has 0 saturated carbocycles. The fourth-order valence-electron chi connectivity index (χ4n) is 3.65. The van der Waals surface area contributed by atoms with E-state index < -0.39 is 0 Å². The Kier molecular flexibility index (Phi) is 5.11. The van der Waals surface area contributed by atoms with Gasteiger partial charge in [-0.1, -0.05) is 24.3 Å². The van der Waals surface area contributed by atoms with Crippen LogP contribution < -0.4 is 5.56 Å². The SMILES string of the molecule is Cc1cc(=O)[nH]c(C(C)N2CCC(c3ccccc3CO)CC2)n1. The highest BCUT2D eigenvalue weighted by Crippen LogP contribution is 2.33. The number of hydrogen-bond acceptors (Lipinski definition) is 4. The highest BCUT2D eigenvalue weighted by atomic mass is 16.3. The average Bonchev–Trinajstić information content (AvgIpc) is 2.60. The van der Waals surface area contributed by atoms with Crippen LogP contribution in [0.5, 0.6) is 0 Å². The lowest BCUT2D eigenvalue weighted by molar-refractivity contribution is 0.155. The summed E-state index contributed by atoms with van der Waals surface area (Å²) in [7, 11) is 0. The van der Waals surface area contributed by atoms with Gasteiger partial charge in [-0.25, -0.2) is 4.98 Å². The van der Waals surface area contributed by atoms with Crippen LogP contribution >= 0.6 is 0 Å². The number of nitrogens with zero attached hydrogens (tertiary/aromatic N) is 2. The van der Waals surface area contributed by atoms with Crippen molar-refractivity contribution in [3.8, 4) is 0 Å². The molecule has 1 saturated heterocycles. The highest BCUT2D eigenvalue weighted by Gasteiger charge is 2.26. The molecule has 0 amide bonds. The smallest absolute Gasteiger partial charge is 0.251 e. The Morgan fingerprint density at radius 1 is 1.33 bits per heavy atom. The maximum absolute atomic E-state index is 11.7. The molecular formula is C19H25N3O2. The van der Waals surface area contributed by atoms with E-state index in [0.29, 0.717) is 5.92 Å². The van der Waals surface area contributed by atoms with E-state index in [1.807, 2.05) is 25.1 Å². The lowest BCUT2D eigenvalue weighted by atomic mass is 9.86. The van der Waals surface area contributed by atoms with Crippen molar-refractivity contribution in [2.45, 2.75) is 45.3 Å². The molecule has 1 unspecified atom stereocenters. The summed E-state index contributed by atoms with van der Waals surface area (Å²) in [6.45, 7) is 5.97. The minimum Gasteiger partial charge on any atom is -0.392 e. The first-order valence-electron chi connectivity index (χ1n) is 8.59. The molecule has 1 aromatic carbocycles. The summed E-state index contributed by atoms with van der Waals surface area (Å²) in [4.78, 5) is 21.4. The van der Waals surface area contributed by atoms with E-state index in [2.05, 4.69) is 27.9 Å². The first kappa shape index (κ1) is 16.9. The number of nitrogens with one attached hydrogen (secondary N) is 1. The summed E-state index contributed by atoms with van der Waals surface area (Å²) >= 11 is 0. The molecule has 0 spiro atoms. The molecule has 128 valence electrons. The molecular weight excluding hydrogens is 302 g/mol. The van der Waals surface area contributed by atoms with Crippen LogP contribution in [0.25, 0.3) is 0 Å². The summed E-state index contributed by atoms with van der Waals surface area (Å²) in [5.74, 6) is 1.23. The number of aliphatic hydroxyl groups excluding tert-OH is 1. The molecule has 1 fully saturated rings. The third-order valence-electron chi connectivity index (χ3n) is 5.03. The number of rotatable bonds is 4. The Morgan fingerprint density at radius 2 is 2.04 bits per heavy atom. The second-order valence-corrected chi connectivity index (χ2v) is 6.62. The van der Waals surface area contributed by atoms with Crippen LogP contribution in [0.2, 0.25) is 0 Å². The molecule has 2 heterocycles. The van der Waals surface area contributed by atoms with Gasteiger partial charge in [-0.2, -0.15) is 0 Å². The van der Waals surface area contributed by atoms with Crippen molar-refractivity contribution in [1.29, 1.82) is 0 Å². The van der Waals surface area contributed by atoms with Gasteiger partial charge in [0.25, 0.3) is 5.56 Å². The van der Waals surface area contributed by atoms with Crippen molar-refractivity contribution >= 4 is 0 Å². The van der Waals surface area contributed by atoms with Crippen LogP contribution in [-0.4, -0.2) is 33.1 Å². The molecule has 3 rings (SSSR count). The highest BCUT2D eigenvalue weighted by molar-refractivity contribution is 5.30. The van der Waals surface area contributed by atoms with Crippen molar-refractivity contribution < 1.29 is 5.11 Å². The molecule has 0 radical (unpaired) electrons. The van der Waals surface area contributed by atoms with Crippen LogP contribution in [0.3, 0.4) is 0 Å². The van der Waals surface area contributed by atoms with Gasteiger partial charge in [0.15, 0.2) is 0 Å². The molecule has 1 aliphatic heterocycles. The third kappa shape index (κ3) is 3.57.